The van der Waals surface area contributed by atoms with Crippen molar-refractivity contribution in [1.29, 1.82) is 0 Å². The number of fused-ring (bicyclic) bond motifs is 1. The predicted octanol–water partition coefficient (Wildman–Crippen LogP) is 2.04. The van der Waals surface area contributed by atoms with Gasteiger partial charge in [0, 0.05) is 52.4 Å². The lowest BCUT2D eigenvalue weighted by Gasteiger charge is -2.31. The molecule has 3 aliphatic rings. The molecule has 1 aromatic heterocycles. The van der Waals surface area contributed by atoms with Crippen molar-refractivity contribution >= 4 is 17.7 Å². The zero-order valence-corrected chi connectivity index (χ0v) is 20.6. The molecule has 36 heavy (non-hydrogen) atoms. The lowest BCUT2D eigenvalue weighted by molar-refractivity contribution is -0.142. The third-order valence-corrected chi connectivity index (χ3v) is 7.66. The number of hydrogen-bond donors (Lipinski definition) is 2. The van der Waals surface area contributed by atoms with Gasteiger partial charge in [0.25, 0.3) is 0 Å². The first-order chi connectivity index (χ1) is 17.5. The Kier molecular flexibility index (Phi) is 7.38. The summed E-state index contributed by atoms with van der Waals surface area (Å²) in [5, 5.41) is 19.9. The molecule has 0 bridgehead atoms. The van der Waals surface area contributed by atoms with Crippen molar-refractivity contribution in [1.82, 2.24) is 19.7 Å². The number of β-amino-alcohol motifs (C(OH)–C–C–N with tert-alkyl or cyclic N) is 1. The number of benzene rings is 1. The minimum absolute atomic E-state index is 0.0559. The molecule has 5 rings (SSSR count). The highest BCUT2D eigenvalue weighted by molar-refractivity contribution is 5.76. The number of aliphatic carboxylic acids is 1. The summed E-state index contributed by atoms with van der Waals surface area (Å²) in [6, 6.07) is 12.3. The third kappa shape index (κ3) is 5.63. The van der Waals surface area contributed by atoms with E-state index in [1.165, 1.54) is 11.1 Å². The fraction of sp³-hybridized carbons (Fsp3) is 0.519. The van der Waals surface area contributed by atoms with E-state index in [0.717, 1.165) is 30.9 Å². The highest BCUT2D eigenvalue weighted by Crippen LogP contribution is 2.24. The van der Waals surface area contributed by atoms with Crippen molar-refractivity contribution in [3.63, 3.8) is 0 Å². The third-order valence-electron chi connectivity index (χ3n) is 7.66. The number of nitrogens with zero attached hydrogens (tertiary/aromatic N) is 5. The van der Waals surface area contributed by atoms with E-state index in [0.29, 0.717) is 58.7 Å². The van der Waals surface area contributed by atoms with Crippen LogP contribution in [0.25, 0.3) is 0 Å². The second-order valence-corrected chi connectivity index (χ2v) is 10.2. The van der Waals surface area contributed by atoms with Crippen LogP contribution >= 0.6 is 0 Å². The summed E-state index contributed by atoms with van der Waals surface area (Å²) in [4.78, 5) is 36.6. The van der Waals surface area contributed by atoms with Crippen LogP contribution in [0.2, 0.25) is 0 Å². The molecule has 1 aromatic carbocycles. The fourth-order valence-electron chi connectivity index (χ4n) is 5.55. The van der Waals surface area contributed by atoms with Crippen LogP contribution < -0.4 is 4.90 Å². The van der Waals surface area contributed by atoms with Gasteiger partial charge in [-0.3, -0.25) is 14.7 Å². The summed E-state index contributed by atoms with van der Waals surface area (Å²) in [6.45, 7) is 5.75. The highest BCUT2D eigenvalue weighted by atomic mass is 16.4. The molecule has 3 aliphatic heterocycles. The molecule has 1 atom stereocenters. The summed E-state index contributed by atoms with van der Waals surface area (Å²) in [7, 11) is 0. The van der Waals surface area contributed by atoms with Gasteiger partial charge in [0.1, 0.15) is 0 Å². The van der Waals surface area contributed by atoms with Gasteiger partial charge in [0.15, 0.2) is 0 Å². The first-order valence-corrected chi connectivity index (χ1v) is 12.9. The van der Waals surface area contributed by atoms with Gasteiger partial charge in [-0.2, -0.15) is 0 Å². The van der Waals surface area contributed by atoms with E-state index in [9.17, 15) is 19.8 Å². The number of piperidine rings is 1. The van der Waals surface area contributed by atoms with E-state index >= 15 is 0 Å². The van der Waals surface area contributed by atoms with Gasteiger partial charge >= 0.3 is 12.0 Å². The fourth-order valence-corrected chi connectivity index (χ4v) is 5.55. The highest BCUT2D eigenvalue weighted by Gasteiger charge is 2.31. The van der Waals surface area contributed by atoms with Gasteiger partial charge in [0.2, 0.25) is 0 Å². The Bertz CT molecular complexity index is 1070. The molecule has 2 N–H and O–H groups in total. The van der Waals surface area contributed by atoms with Crippen molar-refractivity contribution in [2.24, 2.45) is 5.92 Å². The minimum atomic E-state index is -0.711. The van der Waals surface area contributed by atoms with E-state index in [-0.39, 0.29) is 11.9 Å². The SMILES string of the molecule is O=C(O)C1CCN(c2ccc(CN3CCN(CC(O)CN4CCc5ccccc5C4)C3=O)nc2)CC1. The van der Waals surface area contributed by atoms with Gasteiger partial charge in [-0.05, 0) is 42.5 Å². The smallest absolute Gasteiger partial charge is 0.320 e. The number of aliphatic hydroxyl groups excluding tert-OH is 1. The molecule has 0 spiro atoms. The lowest BCUT2D eigenvalue weighted by Crippen LogP contribution is -2.43. The topological polar surface area (TPSA) is 100 Å². The molecule has 9 nitrogen and oxygen atoms in total. The van der Waals surface area contributed by atoms with Crippen LogP contribution in [0.15, 0.2) is 42.6 Å². The number of carbonyl (C=O) groups excluding carboxylic acids is 1. The second-order valence-electron chi connectivity index (χ2n) is 10.2. The number of carboxylic acid groups (broad SMARTS) is 1. The maximum Gasteiger partial charge on any atom is 0.320 e. The quantitative estimate of drug-likeness (QED) is 0.581. The molecule has 0 saturated carbocycles. The van der Waals surface area contributed by atoms with E-state index in [2.05, 4.69) is 39.0 Å². The molecular weight excluding hydrogens is 458 g/mol. The predicted molar refractivity (Wildman–Crippen MR) is 136 cm³/mol. The van der Waals surface area contributed by atoms with Crippen molar-refractivity contribution in [3.05, 3.63) is 59.4 Å². The number of carbonyl (C=O) groups is 2. The average Bonchev–Trinajstić information content (AvgIpc) is 3.22. The Morgan fingerprint density at radius 2 is 1.72 bits per heavy atom. The maximum absolute atomic E-state index is 12.9. The second kappa shape index (κ2) is 10.8. The molecule has 9 heteroatoms. The molecule has 0 aliphatic carbocycles. The summed E-state index contributed by atoms with van der Waals surface area (Å²) in [5.74, 6) is -0.968. The van der Waals surface area contributed by atoms with Crippen LogP contribution in [0, 0.1) is 5.92 Å². The molecule has 2 fully saturated rings. The van der Waals surface area contributed by atoms with Gasteiger partial charge in [-0.15, -0.1) is 0 Å². The van der Waals surface area contributed by atoms with E-state index in [1.807, 2.05) is 18.3 Å². The van der Waals surface area contributed by atoms with Crippen molar-refractivity contribution in [2.45, 2.75) is 38.5 Å². The lowest BCUT2D eigenvalue weighted by atomic mass is 9.97. The minimum Gasteiger partial charge on any atom is -0.481 e. The summed E-state index contributed by atoms with van der Waals surface area (Å²) < 4.78 is 0. The normalized spacial score (nSPS) is 20.0. The average molecular weight is 494 g/mol. The van der Waals surface area contributed by atoms with Crippen molar-refractivity contribution < 1.29 is 19.8 Å². The van der Waals surface area contributed by atoms with E-state index in [4.69, 9.17) is 0 Å². The van der Waals surface area contributed by atoms with Gasteiger partial charge in [-0.25, -0.2) is 4.79 Å². The number of hydrogen-bond acceptors (Lipinski definition) is 6. The summed E-state index contributed by atoms with van der Waals surface area (Å²) in [5.41, 5.74) is 4.52. The molecule has 1 unspecified atom stereocenters. The Labute approximate surface area is 211 Å². The maximum atomic E-state index is 12.9. The van der Waals surface area contributed by atoms with Crippen LogP contribution in [0.3, 0.4) is 0 Å². The molecule has 2 saturated heterocycles. The van der Waals surface area contributed by atoms with Crippen LogP contribution in [0.1, 0.15) is 29.7 Å². The number of amides is 2. The first kappa shape index (κ1) is 24.5. The van der Waals surface area contributed by atoms with E-state index < -0.39 is 12.1 Å². The van der Waals surface area contributed by atoms with Gasteiger partial charge < -0.3 is 24.9 Å². The monoisotopic (exact) mass is 493 g/mol. The van der Waals surface area contributed by atoms with Crippen LogP contribution in [0.5, 0.6) is 0 Å². The van der Waals surface area contributed by atoms with Crippen LogP contribution in [-0.2, 0) is 24.3 Å². The van der Waals surface area contributed by atoms with Crippen LogP contribution in [-0.4, -0.2) is 93.8 Å². The van der Waals surface area contributed by atoms with Crippen molar-refractivity contribution in [3.8, 4) is 0 Å². The molecule has 4 heterocycles. The van der Waals surface area contributed by atoms with Gasteiger partial charge in [-0.1, -0.05) is 24.3 Å². The molecule has 0 radical (unpaired) electrons. The molecule has 192 valence electrons. The molecule has 2 aromatic rings. The number of carboxylic acids is 1. The number of pyridine rings is 1. The zero-order chi connectivity index (χ0) is 25.1. The largest absolute Gasteiger partial charge is 0.481 e. The number of rotatable bonds is 8. The van der Waals surface area contributed by atoms with Gasteiger partial charge in [0.05, 0.1) is 36.1 Å². The molecule has 2 amide bonds. The summed E-state index contributed by atoms with van der Waals surface area (Å²) >= 11 is 0. The van der Waals surface area contributed by atoms with E-state index in [1.54, 1.807) is 9.80 Å². The van der Waals surface area contributed by atoms with Crippen LogP contribution in [0.4, 0.5) is 10.5 Å². The zero-order valence-electron chi connectivity index (χ0n) is 20.6. The standard InChI is InChI=1S/C27H35N5O4/c33-25(18-29-10-7-20-3-1-2-4-22(20)16-29)19-32-14-13-31(27(32)36)17-23-5-6-24(15-28-23)30-11-8-21(9-12-30)26(34)35/h1-6,15,21,25,33H,7-14,16-19H2,(H,34,35). The summed E-state index contributed by atoms with van der Waals surface area (Å²) in [6.07, 6.45) is 3.51. The number of aromatic nitrogens is 1. The number of urea groups is 1. The molecular formula is C27H35N5O4. The Morgan fingerprint density at radius 1 is 0.972 bits per heavy atom. The Hall–Kier alpha value is -3.17. The number of aliphatic hydroxyl groups is 1. The Morgan fingerprint density at radius 3 is 2.44 bits per heavy atom. The number of anilines is 1. The first-order valence-electron chi connectivity index (χ1n) is 12.9. The van der Waals surface area contributed by atoms with Crippen molar-refractivity contribution in [2.75, 3.05) is 50.7 Å². The Balaban J connectivity index is 1.08.